The van der Waals surface area contributed by atoms with Crippen molar-refractivity contribution in [2.24, 2.45) is 0 Å². The molecular weight excluding hydrogens is 352 g/mol. The Morgan fingerprint density at radius 2 is 2.07 bits per heavy atom. The first-order chi connectivity index (χ1) is 13.7. The van der Waals surface area contributed by atoms with Crippen LogP contribution in [0.15, 0.2) is 60.8 Å². The van der Waals surface area contributed by atoms with Gasteiger partial charge in [-0.1, -0.05) is 18.2 Å². The van der Waals surface area contributed by atoms with Crippen molar-refractivity contribution < 1.29 is 14.3 Å². The topological polar surface area (TPSA) is 54.6 Å². The van der Waals surface area contributed by atoms with Crippen molar-refractivity contribution in [1.82, 2.24) is 9.88 Å². The summed E-state index contributed by atoms with van der Waals surface area (Å²) >= 11 is 0. The van der Waals surface area contributed by atoms with Gasteiger partial charge in [0.25, 0.3) is 5.91 Å². The molecule has 0 radical (unpaired) electrons. The fraction of sp³-hybridized carbons (Fsp3) is 0.348. The van der Waals surface area contributed by atoms with Crippen LogP contribution in [0.4, 0.5) is 0 Å². The van der Waals surface area contributed by atoms with Gasteiger partial charge >= 0.3 is 0 Å². The van der Waals surface area contributed by atoms with E-state index >= 15 is 0 Å². The van der Waals surface area contributed by atoms with Crippen LogP contribution in [-0.4, -0.2) is 47.2 Å². The van der Waals surface area contributed by atoms with Gasteiger partial charge in [-0.05, 0) is 49.2 Å². The van der Waals surface area contributed by atoms with Crippen molar-refractivity contribution in [2.75, 3.05) is 19.7 Å². The Kier molecular flexibility index (Phi) is 4.32. The molecule has 5 nitrogen and oxygen atoms in total. The van der Waals surface area contributed by atoms with E-state index in [0.717, 1.165) is 48.0 Å². The Labute approximate surface area is 164 Å². The Hall–Kier alpha value is -2.79. The molecule has 0 aliphatic carbocycles. The van der Waals surface area contributed by atoms with Crippen LogP contribution in [0.5, 0.6) is 5.75 Å². The molecule has 2 fully saturated rings. The molecule has 3 heterocycles. The smallest absolute Gasteiger partial charge is 0.253 e. The number of aromatic nitrogens is 1. The Balaban J connectivity index is 1.28. The van der Waals surface area contributed by atoms with Gasteiger partial charge in [-0.3, -0.25) is 4.79 Å². The van der Waals surface area contributed by atoms with Crippen molar-refractivity contribution in [3.63, 3.8) is 0 Å². The number of benzene rings is 2. The Bertz CT molecular complexity index is 984. The zero-order chi connectivity index (χ0) is 19.0. The molecule has 1 spiro atoms. The van der Waals surface area contributed by atoms with Gasteiger partial charge in [0, 0.05) is 35.6 Å². The average Bonchev–Trinajstić information content (AvgIpc) is 3.35. The van der Waals surface area contributed by atoms with Gasteiger partial charge in [-0.25, -0.2) is 0 Å². The zero-order valence-electron chi connectivity index (χ0n) is 15.8. The normalized spacial score (nSPS) is 24.7. The van der Waals surface area contributed by atoms with E-state index in [0.29, 0.717) is 13.2 Å². The highest BCUT2D eigenvalue weighted by Crippen LogP contribution is 2.36. The van der Waals surface area contributed by atoms with Crippen molar-refractivity contribution in [2.45, 2.75) is 31.0 Å². The number of aromatic amines is 1. The summed E-state index contributed by atoms with van der Waals surface area (Å²) in [4.78, 5) is 18.2. The second-order valence-electron chi connectivity index (χ2n) is 7.86. The first kappa shape index (κ1) is 17.3. The maximum absolute atomic E-state index is 13.1. The van der Waals surface area contributed by atoms with E-state index in [1.807, 2.05) is 65.7 Å². The highest BCUT2D eigenvalue weighted by molar-refractivity contribution is 5.98. The third-order valence-electron chi connectivity index (χ3n) is 5.85. The maximum atomic E-state index is 13.1. The molecule has 2 aromatic carbocycles. The van der Waals surface area contributed by atoms with Gasteiger partial charge in [0.05, 0.1) is 18.8 Å². The minimum atomic E-state index is -0.286. The van der Waals surface area contributed by atoms with E-state index < -0.39 is 0 Å². The Morgan fingerprint density at radius 1 is 1.18 bits per heavy atom. The molecule has 28 heavy (non-hydrogen) atoms. The molecule has 0 bridgehead atoms. The first-order valence-corrected chi connectivity index (χ1v) is 9.93. The van der Waals surface area contributed by atoms with E-state index in [4.69, 9.17) is 9.47 Å². The molecule has 0 saturated carbocycles. The first-order valence-electron chi connectivity index (χ1n) is 9.93. The minimum absolute atomic E-state index is 0.0358. The molecule has 3 aromatic rings. The number of para-hydroxylation sites is 1. The van der Waals surface area contributed by atoms with E-state index in [-0.39, 0.29) is 17.6 Å². The number of H-pyrrole nitrogens is 1. The lowest BCUT2D eigenvalue weighted by Crippen LogP contribution is -2.50. The number of nitrogens with one attached hydrogen (secondary N) is 1. The number of fused-ring (bicyclic) bond motifs is 1. The number of rotatable bonds is 3. The third-order valence-corrected chi connectivity index (χ3v) is 5.85. The number of carbonyl (C=O) groups excluding carboxylic acids is 1. The zero-order valence-corrected chi connectivity index (χ0v) is 15.8. The molecule has 5 heteroatoms. The largest absolute Gasteiger partial charge is 0.488 e. The highest BCUT2D eigenvalue weighted by atomic mass is 16.6. The minimum Gasteiger partial charge on any atom is -0.488 e. The monoisotopic (exact) mass is 376 g/mol. The van der Waals surface area contributed by atoms with Crippen molar-refractivity contribution in [3.05, 3.63) is 66.4 Å². The third kappa shape index (κ3) is 3.27. The van der Waals surface area contributed by atoms with Gasteiger partial charge in [-0.2, -0.15) is 0 Å². The molecule has 2 aliphatic heterocycles. The van der Waals surface area contributed by atoms with E-state index in [9.17, 15) is 4.79 Å². The van der Waals surface area contributed by atoms with Gasteiger partial charge < -0.3 is 19.4 Å². The van der Waals surface area contributed by atoms with Crippen LogP contribution >= 0.6 is 0 Å². The number of hydrogen-bond acceptors (Lipinski definition) is 3. The van der Waals surface area contributed by atoms with E-state index in [1.165, 1.54) is 0 Å². The molecule has 2 atom stereocenters. The summed E-state index contributed by atoms with van der Waals surface area (Å²) in [6.07, 6.45) is 4.68. The lowest BCUT2D eigenvalue weighted by atomic mass is 9.89. The lowest BCUT2D eigenvalue weighted by Gasteiger charge is -2.39. The van der Waals surface area contributed by atoms with Gasteiger partial charge in [0.1, 0.15) is 11.9 Å². The number of nitrogens with zero attached hydrogens (tertiary/aromatic N) is 1. The molecule has 2 aliphatic rings. The molecule has 1 amide bonds. The van der Waals surface area contributed by atoms with Gasteiger partial charge in [0.2, 0.25) is 0 Å². The summed E-state index contributed by atoms with van der Waals surface area (Å²) in [6, 6.07) is 17.7. The number of hydrogen-bond donors (Lipinski definition) is 1. The van der Waals surface area contributed by atoms with Gasteiger partial charge in [0.15, 0.2) is 0 Å². The van der Waals surface area contributed by atoms with Crippen molar-refractivity contribution in [1.29, 1.82) is 0 Å². The lowest BCUT2D eigenvalue weighted by molar-refractivity contribution is -0.0453. The number of carbonyl (C=O) groups is 1. The van der Waals surface area contributed by atoms with Crippen LogP contribution in [0.25, 0.3) is 10.9 Å². The Morgan fingerprint density at radius 3 is 2.96 bits per heavy atom. The average molecular weight is 376 g/mol. The van der Waals surface area contributed by atoms with Gasteiger partial charge in [-0.15, -0.1) is 0 Å². The summed E-state index contributed by atoms with van der Waals surface area (Å²) in [5, 5.41) is 1.06. The summed E-state index contributed by atoms with van der Waals surface area (Å²) < 4.78 is 12.3. The number of ether oxygens (including phenoxy) is 2. The number of amides is 1. The molecule has 0 unspecified atom stereocenters. The predicted molar refractivity (Wildman–Crippen MR) is 108 cm³/mol. The van der Waals surface area contributed by atoms with E-state index in [1.54, 1.807) is 0 Å². The van der Waals surface area contributed by atoms with Crippen LogP contribution in [0.2, 0.25) is 0 Å². The second-order valence-corrected chi connectivity index (χ2v) is 7.86. The highest BCUT2D eigenvalue weighted by Gasteiger charge is 2.45. The van der Waals surface area contributed by atoms with Crippen LogP contribution in [0.1, 0.15) is 29.6 Å². The maximum Gasteiger partial charge on any atom is 0.253 e. The molecular formula is C23H24N2O3. The van der Waals surface area contributed by atoms with Crippen molar-refractivity contribution >= 4 is 16.8 Å². The molecule has 5 rings (SSSR count). The van der Waals surface area contributed by atoms with Crippen molar-refractivity contribution in [3.8, 4) is 5.75 Å². The molecule has 144 valence electrons. The fourth-order valence-corrected chi connectivity index (χ4v) is 4.49. The SMILES string of the molecule is O=C(c1ccc2[nH]ccc2c1)N1CCC[C@]2(C[C@@H](Oc3ccccc3)CO2)C1. The number of likely N-dealkylation sites (tertiary alicyclic amines) is 1. The quantitative estimate of drug-likeness (QED) is 0.751. The summed E-state index contributed by atoms with van der Waals surface area (Å²) in [7, 11) is 0. The van der Waals surface area contributed by atoms with Crippen LogP contribution < -0.4 is 4.74 Å². The summed E-state index contributed by atoms with van der Waals surface area (Å²) in [6.45, 7) is 1.98. The van der Waals surface area contributed by atoms with Crippen LogP contribution in [0.3, 0.4) is 0 Å². The molecule has 1 aromatic heterocycles. The van der Waals surface area contributed by atoms with E-state index in [2.05, 4.69) is 4.98 Å². The summed E-state index contributed by atoms with van der Waals surface area (Å²) in [5.74, 6) is 0.954. The summed E-state index contributed by atoms with van der Waals surface area (Å²) in [5.41, 5.74) is 1.50. The van der Waals surface area contributed by atoms with Crippen LogP contribution in [0, 0.1) is 0 Å². The molecule has 2 saturated heterocycles. The fourth-order valence-electron chi connectivity index (χ4n) is 4.49. The second kappa shape index (κ2) is 6.99. The number of piperidine rings is 1. The van der Waals surface area contributed by atoms with Crippen LogP contribution in [-0.2, 0) is 4.74 Å². The molecule has 1 N–H and O–H groups in total. The standard InChI is InChI=1S/C23H24N2O3/c26-22(18-7-8-21-17(13-18)9-11-24-21)25-12-4-10-23(16-25)14-20(15-27-23)28-19-5-2-1-3-6-19/h1-3,5-9,11,13,20,24H,4,10,12,14-16H2/t20-,23+/m1/s1. The predicted octanol–water partition coefficient (Wildman–Crippen LogP) is 4.01.